The van der Waals surface area contributed by atoms with E-state index in [0.717, 1.165) is 19.5 Å². The van der Waals surface area contributed by atoms with E-state index in [2.05, 4.69) is 38.2 Å². The minimum Gasteiger partial charge on any atom is -0.315 e. The van der Waals surface area contributed by atoms with Crippen molar-refractivity contribution >= 4 is 11.6 Å². The Morgan fingerprint density at radius 1 is 1.07 bits per heavy atom. The fourth-order valence-corrected chi connectivity index (χ4v) is 2.14. The molecule has 1 aromatic carbocycles. The van der Waals surface area contributed by atoms with E-state index in [1.165, 1.54) is 22.3 Å². The Balaban J connectivity index is 2.60. The minimum atomic E-state index is 0.686. The van der Waals surface area contributed by atoms with Gasteiger partial charge in [0.25, 0.3) is 0 Å². The molecule has 84 valence electrons. The molecule has 1 aromatic rings. The molecule has 1 nitrogen and oxygen atoms in total. The van der Waals surface area contributed by atoms with Gasteiger partial charge in [-0.3, -0.25) is 0 Å². The number of hydrogen-bond acceptors (Lipinski definition) is 1. The van der Waals surface area contributed by atoms with Crippen molar-refractivity contribution in [2.75, 3.05) is 19.0 Å². The van der Waals surface area contributed by atoms with Gasteiger partial charge in [-0.05, 0) is 50.4 Å². The van der Waals surface area contributed by atoms with Gasteiger partial charge in [-0.2, -0.15) is 0 Å². The van der Waals surface area contributed by atoms with Crippen molar-refractivity contribution in [3.63, 3.8) is 0 Å². The van der Waals surface area contributed by atoms with Crippen molar-refractivity contribution in [3.05, 3.63) is 34.4 Å². The third kappa shape index (κ3) is 3.84. The molecule has 0 fully saturated rings. The fourth-order valence-electron chi connectivity index (χ4n) is 2.01. The molecule has 0 spiro atoms. The van der Waals surface area contributed by atoms with E-state index in [1.807, 2.05) is 0 Å². The smallest absolute Gasteiger partial charge is 0.0348 e. The van der Waals surface area contributed by atoms with Crippen LogP contribution in [0.25, 0.3) is 0 Å². The molecule has 0 radical (unpaired) electrons. The maximum Gasteiger partial charge on any atom is 0.0348 e. The SMILES string of the molecule is Cc1cc(C)c(CCNCCCl)c(C)c1. The molecule has 0 aliphatic carbocycles. The van der Waals surface area contributed by atoms with Gasteiger partial charge in [0.05, 0.1) is 0 Å². The summed E-state index contributed by atoms with van der Waals surface area (Å²) in [7, 11) is 0. The van der Waals surface area contributed by atoms with Gasteiger partial charge in [0, 0.05) is 12.4 Å². The van der Waals surface area contributed by atoms with Gasteiger partial charge in [-0.25, -0.2) is 0 Å². The van der Waals surface area contributed by atoms with Gasteiger partial charge >= 0.3 is 0 Å². The van der Waals surface area contributed by atoms with Crippen LogP contribution in [-0.2, 0) is 6.42 Å². The first kappa shape index (κ1) is 12.5. The molecule has 0 unspecified atom stereocenters. The summed E-state index contributed by atoms with van der Waals surface area (Å²) in [4.78, 5) is 0. The summed E-state index contributed by atoms with van der Waals surface area (Å²) < 4.78 is 0. The molecule has 0 aliphatic rings. The molecular formula is C13H20ClN. The molecule has 0 amide bonds. The highest BCUT2D eigenvalue weighted by Crippen LogP contribution is 2.16. The van der Waals surface area contributed by atoms with Gasteiger partial charge in [0.1, 0.15) is 0 Å². The van der Waals surface area contributed by atoms with Gasteiger partial charge in [-0.15, -0.1) is 11.6 Å². The lowest BCUT2D eigenvalue weighted by Crippen LogP contribution is -2.20. The predicted molar refractivity (Wildman–Crippen MR) is 67.9 cm³/mol. The average Bonchev–Trinajstić information content (AvgIpc) is 2.15. The zero-order valence-electron chi connectivity index (χ0n) is 9.86. The molecular weight excluding hydrogens is 206 g/mol. The number of aryl methyl sites for hydroxylation is 3. The number of hydrogen-bond donors (Lipinski definition) is 1. The summed E-state index contributed by atoms with van der Waals surface area (Å²) in [5, 5.41) is 3.32. The van der Waals surface area contributed by atoms with E-state index < -0.39 is 0 Å². The van der Waals surface area contributed by atoms with Crippen molar-refractivity contribution in [2.24, 2.45) is 0 Å². The molecule has 0 atom stereocenters. The van der Waals surface area contributed by atoms with Gasteiger partial charge in [0.2, 0.25) is 0 Å². The molecule has 1 N–H and O–H groups in total. The zero-order valence-corrected chi connectivity index (χ0v) is 10.6. The minimum absolute atomic E-state index is 0.686. The van der Waals surface area contributed by atoms with Crippen molar-refractivity contribution < 1.29 is 0 Å². The van der Waals surface area contributed by atoms with Crippen LogP contribution in [0.4, 0.5) is 0 Å². The Kier molecular flexibility index (Phi) is 5.13. The number of nitrogens with one attached hydrogen (secondary N) is 1. The second-order valence-electron chi connectivity index (χ2n) is 4.07. The topological polar surface area (TPSA) is 12.0 Å². The molecule has 0 aromatic heterocycles. The first-order valence-corrected chi connectivity index (χ1v) is 6.02. The number of rotatable bonds is 5. The third-order valence-electron chi connectivity index (χ3n) is 2.66. The van der Waals surface area contributed by atoms with Crippen LogP contribution >= 0.6 is 11.6 Å². The van der Waals surface area contributed by atoms with E-state index in [4.69, 9.17) is 11.6 Å². The largest absolute Gasteiger partial charge is 0.315 e. The maximum atomic E-state index is 5.60. The molecule has 0 saturated heterocycles. The second-order valence-corrected chi connectivity index (χ2v) is 4.44. The van der Waals surface area contributed by atoms with Crippen molar-refractivity contribution in [1.29, 1.82) is 0 Å². The average molecular weight is 226 g/mol. The summed E-state index contributed by atoms with van der Waals surface area (Å²) in [5.41, 5.74) is 5.63. The second kappa shape index (κ2) is 6.14. The van der Waals surface area contributed by atoms with Gasteiger partial charge in [-0.1, -0.05) is 17.7 Å². The van der Waals surface area contributed by atoms with Crippen LogP contribution in [0.3, 0.4) is 0 Å². The van der Waals surface area contributed by atoms with Crippen LogP contribution in [0, 0.1) is 20.8 Å². The van der Waals surface area contributed by atoms with Crippen LogP contribution in [0.15, 0.2) is 12.1 Å². The normalized spacial score (nSPS) is 10.7. The number of halogens is 1. The van der Waals surface area contributed by atoms with E-state index in [1.54, 1.807) is 0 Å². The first-order valence-electron chi connectivity index (χ1n) is 5.48. The van der Waals surface area contributed by atoms with E-state index in [0.29, 0.717) is 5.88 Å². The first-order chi connectivity index (χ1) is 7.15. The highest BCUT2D eigenvalue weighted by atomic mass is 35.5. The molecule has 1 rings (SSSR count). The van der Waals surface area contributed by atoms with Crippen LogP contribution < -0.4 is 5.32 Å². The van der Waals surface area contributed by atoms with E-state index in [9.17, 15) is 0 Å². The van der Waals surface area contributed by atoms with Gasteiger partial charge in [0.15, 0.2) is 0 Å². The Labute approximate surface area is 97.8 Å². The third-order valence-corrected chi connectivity index (χ3v) is 2.85. The molecule has 0 bridgehead atoms. The van der Waals surface area contributed by atoms with Gasteiger partial charge < -0.3 is 5.32 Å². The summed E-state index contributed by atoms with van der Waals surface area (Å²) >= 11 is 5.60. The Bertz CT molecular complexity index is 297. The van der Waals surface area contributed by atoms with Crippen LogP contribution in [0.5, 0.6) is 0 Å². The lowest BCUT2D eigenvalue weighted by Gasteiger charge is -2.11. The fraction of sp³-hybridized carbons (Fsp3) is 0.538. The highest BCUT2D eigenvalue weighted by molar-refractivity contribution is 6.18. The maximum absolute atomic E-state index is 5.60. The molecule has 0 aliphatic heterocycles. The zero-order chi connectivity index (χ0) is 11.3. The summed E-state index contributed by atoms with van der Waals surface area (Å²) in [6, 6.07) is 4.51. The highest BCUT2D eigenvalue weighted by Gasteiger charge is 2.02. The van der Waals surface area contributed by atoms with E-state index >= 15 is 0 Å². The van der Waals surface area contributed by atoms with E-state index in [-0.39, 0.29) is 0 Å². The molecule has 15 heavy (non-hydrogen) atoms. The Morgan fingerprint density at radius 2 is 1.67 bits per heavy atom. The van der Waals surface area contributed by atoms with Crippen molar-refractivity contribution in [1.82, 2.24) is 5.32 Å². The number of alkyl halides is 1. The lowest BCUT2D eigenvalue weighted by atomic mass is 9.97. The quantitative estimate of drug-likeness (QED) is 0.600. The Morgan fingerprint density at radius 3 is 2.20 bits per heavy atom. The predicted octanol–water partition coefficient (Wildman–Crippen LogP) is 2.98. The Hall–Kier alpha value is -0.530. The van der Waals surface area contributed by atoms with Crippen LogP contribution in [0.1, 0.15) is 22.3 Å². The van der Waals surface area contributed by atoms with Crippen molar-refractivity contribution in [3.8, 4) is 0 Å². The monoisotopic (exact) mass is 225 g/mol. The van der Waals surface area contributed by atoms with Crippen LogP contribution in [-0.4, -0.2) is 19.0 Å². The molecule has 0 heterocycles. The summed E-state index contributed by atoms with van der Waals surface area (Å²) in [6.07, 6.45) is 1.09. The standard InChI is InChI=1S/C13H20ClN/c1-10-8-11(2)13(12(3)9-10)4-6-15-7-5-14/h8-9,15H,4-7H2,1-3H3. The number of benzene rings is 1. The molecule has 0 saturated carbocycles. The molecule has 2 heteroatoms. The lowest BCUT2D eigenvalue weighted by molar-refractivity contribution is 0.716. The summed E-state index contributed by atoms with van der Waals surface area (Å²) in [6.45, 7) is 8.44. The van der Waals surface area contributed by atoms with Crippen LogP contribution in [0.2, 0.25) is 0 Å². The summed E-state index contributed by atoms with van der Waals surface area (Å²) in [5.74, 6) is 0.686. The van der Waals surface area contributed by atoms with Crippen molar-refractivity contribution in [2.45, 2.75) is 27.2 Å².